The Labute approximate surface area is 102 Å². The third-order valence-electron chi connectivity index (χ3n) is 2.64. The molecule has 0 radical (unpaired) electrons. The summed E-state index contributed by atoms with van der Waals surface area (Å²) in [5.74, 6) is -0.890. The first-order valence-corrected chi connectivity index (χ1v) is 5.60. The van der Waals surface area contributed by atoms with Gasteiger partial charge >= 0.3 is 5.97 Å². The van der Waals surface area contributed by atoms with Gasteiger partial charge in [0.2, 0.25) is 0 Å². The van der Waals surface area contributed by atoms with Crippen LogP contribution in [0.3, 0.4) is 0 Å². The zero-order valence-electron chi connectivity index (χ0n) is 10.6. The molecule has 0 saturated heterocycles. The van der Waals surface area contributed by atoms with Crippen molar-refractivity contribution in [1.82, 2.24) is 0 Å². The van der Waals surface area contributed by atoms with E-state index in [2.05, 4.69) is 0 Å². The number of rotatable bonds is 6. The van der Waals surface area contributed by atoms with Crippen molar-refractivity contribution in [3.05, 3.63) is 29.3 Å². The van der Waals surface area contributed by atoms with E-state index in [1.807, 2.05) is 31.0 Å². The van der Waals surface area contributed by atoms with Crippen molar-refractivity contribution in [2.24, 2.45) is 0 Å². The van der Waals surface area contributed by atoms with Crippen molar-refractivity contribution in [1.29, 1.82) is 0 Å². The molecule has 0 amide bonds. The number of carboxylic acids is 1. The SMILES string of the molecule is COCCCN(C)c1cc(C)ccc1C(=O)O. The molecule has 0 aliphatic heterocycles. The van der Waals surface area contributed by atoms with E-state index in [-0.39, 0.29) is 0 Å². The van der Waals surface area contributed by atoms with Crippen LogP contribution in [0.1, 0.15) is 22.3 Å². The highest BCUT2D eigenvalue weighted by Crippen LogP contribution is 2.21. The minimum absolute atomic E-state index is 0.343. The van der Waals surface area contributed by atoms with E-state index in [1.165, 1.54) is 0 Å². The van der Waals surface area contributed by atoms with Gasteiger partial charge in [-0.3, -0.25) is 0 Å². The molecule has 4 heteroatoms. The average molecular weight is 237 g/mol. The molecule has 94 valence electrons. The van der Waals surface area contributed by atoms with Gasteiger partial charge in [0.15, 0.2) is 0 Å². The van der Waals surface area contributed by atoms with E-state index in [0.29, 0.717) is 12.2 Å². The first kappa shape index (κ1) is 13.5. The number of methoxy groups -OCH3 is 1. The highest BCUT2D eigenvalue weighted by atomic mass is 16.5. The highest BCUT2D eigenvalue weighted by Gasteiger charge is 2.13. The number of anilines is 1. The molecule has 0 atom stereocenters. The number of nitrogens with zero attached hydrogens (tertiary/aromatic N) is 1. The quantitative estimate of drug-likeness (QED) is 0.770. The molecule has 0 aliphatic rings. The fourth-order valence-corrected chi connectivity index (χ4v) is 1.70. The molecule has 1 aromatic carbocycles. The lowest BCUT2D eigenvalue weighted by Crippen LogP contribution is -2.22. The molecule has 17 heavy (non-hydrogen) atoms. The van der Waals surface area contributed by atoms with Gasteiger partial charge in [-0.1, -0.05) is 6.07 Å². The van der Waals surface area contributed by atoms with Crippen molar-refractivity contribution in [3.63, 3.8) is 0 Å². The summed E-state index contributed by atoms with van der Waals surface area (Å²) in [6, 6.07) is 5.37. The number of aryl methyl sites for hydroxylation is 1. The molecule has 1 aromatic rings. The molecule has 0 unspecified atom stereocenters. The van der Waals surface area contributed by atoms with E-state index >= 15 is 0 Å². The summed E-state index contributed by atoms with van der Waals surface area (Å²) in [7, 11) is 3.56. The second-order valence-electron chi connectivity index (χ2n) is 4.09. The van der Waals surface area contributed by atoms with E-state index < -0.39 is 5.97 Å². The van der Waals surface area contributed by atoms with Gasteiger partial charge < -0.3 is 14.7 Å². The van der Waals surface area contributed by atoms with Crippen LogP contribution in [-0.4, -0.2) is 38.4 Å². The van der Waals surface area contributed by atoms with E-state index in [0.717, 1.165) is 24.2 Å². The lowest BCUT2D eigenvalue weighted by molar-refractivity contribution is 0.0697. The van der Waals surface area contributed by atoms with Crippen molar-refractivity contribution < 1.29 is 14.6 Å². The standard InChI is InChI=1S/C13H19NO3/c1-10-5-6-11(13(15)16)12(9-10)14(2)7-4-8-17-3/h5-6,9H,4,7-8H2,1-3H3,(H,15,16). The Bertz CT molecular complexity index is 390. The molecule has 0 aromatic heterocycles. The van der Waals surface area contributed by atoms with Gasteiger partial charge in [-0.15, -0.1) is 0 Å². The Morgan fingerprint density at radius 1 is 1.47 bits per heavy atom. The van der Waals surface area contributed by atoms with Gasteiger partial charge in [0.25, 0.3) is 0 Å². The molecule has 0 fully saturated rings. The van der Waals surface area contributed by atoms with Crippen LogP contribution in [0.2, 0.25) is 0 Å². The van der Waals surface area contributed by atoms with Crippen LogP contribution in [0.5, 0.6) is 0 Å². The van der Waals surface area contributed by atoms with Crippen molar-refractivity contribution >= 4 is 11.7 Å². The fraction of sp³-hybridized carbons (Fsp3) is 0.462. The first-order valence-electron chi connectivity index (χ1n) is 5.60. The van der Waals surface area contributed by atoms with Gasteiger partial charge in [-0.25, -0.2) is 4.79 Å². The maximum absolute atomic E-state index is 11.1. The number of aromatic carboxylic acids is 1. The maximum atomic E-state index is 11.1. The average Bonchev–Trinajstić information content (AvgIpc) is 2.28. The predicted octanol–water partition coefficient (Wildman–Crippen LogP) is 2.17. The monoisotopic (exact) mass is 237 g/mol. The van der Waals surface area contributed by atoms with Crippen molar-refractivity contribution in [2.45, 2.75) is 13.3 Å². The summed E-state index contributed by atoms with van der Waals surface area (Å²) >= 11 is 0. The van der Waals surface area contributed by atoms with Gasteiger partial charge in [0.1, 0.15) is 0 Å². The maximum Gasteiger partial charge on any atom is 0.337 e. The van der Waals surface area contributed by atoms with Crippen LogP contribution in [0.15, 0.2) is 18.2 Å². The molecule has 0 bridgehead atoms. The Kier molecular flexibility index (Phi) is 4.97. The van der Waals surface area contributed by atoms with Gasteiger partial charge in [0, 0.05) is 27.3 Å². The first-order chi connectivity index (χ1) is 8.06. The Morgan fingerprint density at radius 2 is 2.18 bits per heavy atom. The molecule has 1 rings (SSSR count). The summed E-state index contributed by atoms with van der Waals surface area (Å²) < 4.78 is 4.99. The predicted molar refractivity (Wildman–Crippen MR) is 67.9 cm³/mol. The van der Waals surface area contributed by atoms with Gasteiger partial charge in [-0.2, -0.15) is 0 Å². The van der Waals surface area contributed by atoms with Gasteiger partial charge in [-0.05, 0) is 31.0 Å². The fourth-order valence-electron chi connectivity index (χ4n) is 1.70. The number of benzene rings is 1. The number of carboxylic acid groups (broad SMARTS) is 1. The third kappa shape index (κ3) is 3.75. The van der Waals surface area contributed by atoms with Crippen LogP contribution < -0.4 is 4.90 Å². The second-order valence-corrected chi connectivity index (χ2v) is 4.09. The molecule has 4 nitrogen and oxygen atoms in total. The van der Waals surface area contributed by atoms with Crippen LogP contribution >= 0.6 is 0 Å². The van der Waals surface area contributed by atoms with Gasteiger partial charge in [0.05, 0.1) is 11.3 Å². The summed E-state index contributed by atoms with van der Waals surface area (Å²) in [6.07, 6.45) is 0.875. The Morgan fingerprint density at radius 3 is 2.76 bits per heavy atom. The minimum Gasteiger partial charge on any atom is -0.478 e. The zero-order chi connectivity index (χ0) is 12.8. The van der Waals surface area contributed by atoms with Crippen LogP contribution in [0.25, 0.3) is 0 Å². The smallest absolute Gasteiger partial charge is 0.337 e. The second kappa shape index (κ2) is 6.25. The molecule has 0 aliphatic carbocycles. The van der Waals surface area contributed by atoms with Crippen LogP contribution in [0.4, 0.5) is 5.69 Å². The zero-order valence-corrected chi connectivity index (χ0v) is 10.6. The summed E-state index contributed by atoms with van der Waals surface area (Å²) in [4.78, 5) is 13.1. The lowest BCUT2D eigenvalue weighted by atomic mass is 10.1. The summed E-state index contributed by atoms with van der Waals surface area (Å²) in [6.45, 7) is 3.41. The number of ether oxygens (including phenoxy) is 1. The normalized spacial score (nSPS) is 10.3. The van der Waals surface area contributed by atoms with E-state index in [1.54, 1.807) is 13.2 Å². The number of hydrogen-bond donors (Lipinski definition) is 1. The minimum atomic E-state index is -0.890. The van der Waals surface area contributed by atoms with E-state index in [4.69, 9.17) is 9.84 Å². The summed E-state index contributed by atoms with van der Waals surface area (Å²) in [5.41, 5.74) is 2.16. The molecular weight excluding hydrogens is 218 g/mol. The number of hydrogen-bond acceptors (Lipinski definition) is 3. The van der Waals surface area contributed by atoms with Crippen LogP contribution in [0, 0.1) is 6.92 Å². The lowest BCUT2D eigenvalue weighted by Gasteiger charge is -2.21. The molecular formula is C13H19NO3. The van der Waals surface area contributed by atoms with Crippen molar-refractivity contribution in [3.8, 4) is 0 Å². The number of carbonyl (C=O) groups is 1. The topological polar surface area (TPSA) is 49.8 Å². The highest BCUT2D eigenvalue weighted by molar-refractivity contribution is 5.94. The largest absolute Gasteiger partial charge is 0.478 e. The third-order valence-corrected chi connectivity index (χ3v) is 2.64. The van der Waals surface area contributed by atoms with E-state index in [9.17, 15) is 4.79 Å². The van der Waals surface area contributed by atoms with Crippen LogP contribution in [-0.2, 0) is 4.74 Å². The molecule has 1 N–H and O–H groups in total. The molecule has 0 saturated carbocycles. The summed E-state index contributed by atoms with van der Waals surface area (Å²) in [5, 5.41) is 9.13. The Hall–Kier alpha value is -1.55. The van der Waals surface area contributed by atoms with Crippen molar-refractivity contribution in [2.75, 3.05) is 32.2 Å². The Balaban J connectivity index is 2.86. The molecule has 0 heterocycles. The molecule has 0 spiro atoms.